The van der Waals surface area contributed by atoms with Crippen molar-refractivity contribution in [2.45, 2.75) is 26.4 Å². The Morgan fingerprint density at radius 1 is 1.11 bits per heavy atom. The minimum atomic E-state index is 0.661. The van der Waals surface area contributed by atoms with Crippen LogP contribution in [0.1, 0.15) is 25.3 Å². The van der Waals surface area contributed by atoms with E-state index in [2.05, 4.69) is 40.3 Å². The molecule has 3 nitrogen and oxygen atoms in total. The lowest BCUT2D eigenvalue weighted by molar-refractivity contribution is 0.112. The normalized spacial score (nSPS) is 10.8. The summed E-state index contributed by atoms with van der Waals surface area (Å²) in [6.07, 6.45) is 2.34. The van der Waals surface area contributed by atoms with E-state index in [-0.39, 0.29) is 0 Å². The second-order valence-corrected chi connectivity index (χ2v) is 5.31. The molecule has 1 rings (SSSR count). The summed E-state index contributed by atoms with van der Waals surface area (Å²) in [5, 5.41) is 3.30. The lowest BCUT2D eigenvalue weighted by atomic mass is 10.2. The molecular formula is C15H24BrNO2. The molecule has 0 bridgehead atoms. The van der Waals surface area contributed by atoms with Crippen LogP contribution in [0, 0.1) is 0 Å². The summed E-state index contributed by atoms with van der Waals surface area (Å²) in [5.74, 6) is 0. The zero-order valence-corrected chi connectivity index (χ0v) is 13.2. The van der Waals surface area contributed by atoms with Crippen molar-refractivity contribution in [2.75, 3.05) is 32.9 Å². The van der Waals surface area contributed by atoms with Gasteiger partial charge in [-0.05, 0) is 24.1 Å². The first-order valence-corrected chi connectivity index (χ1v) is 7.73. The van der Waals surface area contributed by atoms with Gasteiger partial charge in [-0.15, -0.1) is 0 Å². The number of benzene rings is 1. The molecule has 0 aliphatic rings. The highest BCUT2D eigenvalue weighted by Gasteiger charge is 1.94. The second kappa shape index (κ2) is 11.4. The van der Waals surface area contributed by atoms with Crippen LogP contribution in [0.4, 0.5) is 0 Å². The molecule has 4 heteroatoms. The van der Waals surface area contributed by atoms with E-state index in [0.29, 0.717) is 6.61 Å². The van der Waals surface area contributed by atoms with Crippen molar-refractivity contribution in [1.82, 2.24) is 5.32 Å². The molecule has 1 aromatic rings. The van der Waals surface area contributed by atoms with Crippen molar-refractivity contribution < 1.29 is 9.47 Å². The molecule has 0 spiro atoms. The highest BCUT2D eigenvalue weighted by molar-refractivity contribution is 9.10. The van der Waals surface area contributed by atoms with E-state index in [4.69, 9.17) is 9.47 Å². The second-order valence-electron chi connectivity index (χ2n) is 4.40. The number of hydrogen-bond donors (Lipinski definition) is 1. The molecule has 0 heterocycles. The average Bonchev–Trinajstić information content (AvgIpc) is 2.41. The van der Waals surface area contributed by atoms with Gasteiger partial charge in [0.25, 0.3) is 0 Å². The first kappa shape index (κ1) is 16.6. The van der Waals surface area contributed by atoms with Crippen LogP contribution in [-0.2, 0) is 16.1 Å². The topological polar surface area (TPSA) is 30.5 Å². The van der Waals surface area contributed by atoms with Crippen molar-refractivity contribution in [3.8, 4) is 0 Å². The minimum absolute atomic E-state index is 0.661. The SMILES string of the molecule is CCCCOCCNCCOCc1cccc(Br)c1. The van der Waals surface area contributed by atoms with Gasteiger partial charge >= 0.3 is 0 Å². The largest absolute Gasteiger partial charge is 0.380 e. The highest BCUT2D eigenvalue weighted by atomic mass is 79.9. The summed E-state index contributed by atoms with van der Waals surface area (Å²) in [7, 11) is 0. The van der Waals surface area contributed by atoms with Gasteiger partial charge in [0.1, 0.15) is 0 Å². The lowest BCUT2D eigenvalue weighted by Gasteiger charge is -2.07. The molecular weight excluding hydrogens is 306 g/mol. The molecule has 1 aromatic carbocycles. The molecule has 0 aliphatic heterocycles. The molecule has 0 unspecified atom stereocenters. The van der Waals surface area contributed by atoms with Gasteiger partial charge < -0.3 is 14.8 Å². The summed E-state index contributed by atoms with van der Waals surface area (Å²) in [5.41, 5.74) is 1.19. The van der Waals surface area contributed by atoms with Gasteiger partial charge in [-0.1, -0.05) is 41.4 Å². The van der Waals surface area contributed by atoms with Crippen molar-refractivity contribution in [3.63, 3.8) is 0 Å². The maximum absolute atomic E-state index is 5.60. The number of rotatable bonds is 11. The van der Waals surface area contributed by atoms with Crippen LogP contribution < -0.4 is 5.32 Å². The zero-order valence-electron chi connectivity index (χ0n) is 11.7. The third-order valence-corrected chi connectivity index (χ3v) is 3.14. The Labute approximate surface area is 124 Å². The third-order valence-electron chi connectivity index (χ3n) is 2.65. The van der Waals surface area contributed by atoms with Gasteiger partial charge in [-0.25, -0.2) is 0 Å². The van der Waals surface area contributed by atoms with E-state index >= 15 is 0 Å². The molecule has 0 radical (unpaired) electrons. The third kappa shape index (κ3) is 9.16. The molecule has 0 amide bonds. The predicted octanol–water partition coefficient (Wildman–Crippen LogP) is 3.37. The average molecular weight is 330 g/mol. The van der Waals surface area contributed by atoms with Crippen LogP contribution >= 0.6 is 15.9 Å². The smallest absolute Gasteiger partial charge is 0.0717 e. The number of hydrogen-bond acceptors (Lipinski definition) is 3. The van der Waals surface area contributed by atoms with Crippen LogP contribution in [-0.4, -0.2) is 32.9 Å². The van der Waals surface area contributed by atoms with E-state index in [1.807, 2.05) is 12.1 Å². The summed E-state index contributed by atoms with van der Waals surface area (Å²) in [6.45, 7) is 6.97. The lowest BCUT2D eigenvalue weighted by Crippen LogP contribution is -2.24. The minimum Gasteiger partial charge on any atom is -0.380 e. The maximum atomic E-state index is 5.60. The predicted molar refractivity (Wildman–Crippen MR) is 82.4 cm³/mol. The number of unbranched alkanes of at least 4 members (excludes halogenated alkanes) is 1. The Kier molecular flexibility index (Phi) is 9.99. The van der Waals surface area contributed by atoms with E-state index in [9.17, 15) is 0 Å². The van der Waals surface area contributed by atoms with Crippen LogP contribution in [0.3, 0.4) is 0 Å². The van der Waals surface area contributed by atoms with Crippen molar-refractivity contribution in [3.05, 3.63) is 34.3 Å². The highest BCUT2D eigenvalue weighted by Crippen LogP contribution is 2.12. The molecule has 0 saturated heterocycles. The van der Waals surface area contributed by atoms with Crippen LogP contribution in [0.2, 0.25) is 0 Å². The van der Waals surface area contributed by atoms with Crippen molar-refractivity contribution in [2.24, 2.45) is 0 Å². The molecule has 19 heavy (non-hydrogen) atoms. The van der Waals surface area contributed by atoms with Crippen LogP contribution in [0.5, 0.6) is 0 Å². The van der Waals surface area contributed by atoms with E-state index in [1.165, 1.54) is 12.0 Å². The van der Waals surface area contributed by atoms with Crippen LogP contribution in [0.15, 0.2) is 28.7 Å². The number of ether oxygens (including phenoxy) is 2. The Morgan fingerprint density at radius 3 is 2.63 bits per heavy atom. The Morgan fingerprint density at radius 2 is 1.89 bits per heavy atom. The quantitative estimate of drug-likeness (QED) is 0.631. The zero-order chi connectivity index (χ0) is 13.8. The van der Waals surface area contributed by atoms with E-state index in [0.717, 1.165) is 43.8 Å². The monoisotopic (exact) mass is 329 g/mol. The first-order valence-electron chi connectivity index (χ1n) is 6.93. The fourth-order valence-corrected chi connectivity index (χ4v) is 2.03. The number of halogens is 1. The Hall–Kier alpha value is -0.420. The fraction of sp³-hybridized carbons (Fsp3) is 0.600. The van der Waals surface area contributed by atoms with Gasteiger partial charge in [0.05, 0.1) is 19.8 Å². The van der Waals surface area contributed by atoms with Crippen molar-refractivity contribution >= 4 is 15.9 Å². The summed E-state index contributed by atoms with van der Waals surface area (Å²) >= 11 is 3.45. The van der Waals surface area contributed by atoms with Gasteiger partial charge in [-0.3, -0.25) is 0 Å². The van der Waals surface area contributed by atoms with Gasteiger partial charge in [0, 0.05) is 24.2 Å². The van der Waals surface area contributed by atoms with E-state index < -0.39 is 0 Å². The maximum Gasteiger partial charge on any atom is 0.0717 e. The molecule has 0 aliphatic carbocycles. The van der Waals surface area contributed by atoms with Gasteiger partial charge in [0.15, 0.2) is 0 Å². The van der Waals surface area contributed by atoms with Gasteiger partial charge in [0.2, 0.25) is 0 Å². The summed E-state index contributed by atoms with van der Waals surface area (Å²) < 4.78 is 12.1. The van der Waals surface area contributed by atoms with E-state index in [1.54, 1.807) is 0 Å². The summed E-state index contributed by atoms with van der Waals surface area (Å²) in [6, 6.07) is 8.19. The fourth-order valence-electron chi connectivity index (χ4n) is 1.58. The molecule has 0 aromatic heterocycles. The first-order chi connectivity index (χ1) is 9.33. The summed E-state index contributed by atoms with van der Waals surface area (Å²) in [4.78, 5) is 0. The van der Waals surface area contributed by atoms with Gasteiger partial charge in [-0.2, -0.15) is 0 Å². The number of nitrogens with one attached hydrogen (secondary N) is 1. The Balaban J connectivity index is 1.89. The van der Waals surface area contributed by atoms with Crippen molar-refractivity contribution in [1.29, 1.82) is 0 Å². The Bertz CT molecular complexity index is 334. The molecule has 1 N–H and O–H groups in total. The standard InChI is InChI=1S/C15H24BrNO2/c1-2-3-9-18-10-7-17-8-11-19-13-14-5-4-6-15(16)12-14/h4-6,12,17H,2-3,7-11,13H2,1H3. The molecule has 0 fully saturated rings. The molecule has 0 saturated carbocycles. The molecule has 108 valence electrons. The molecule has 0 atom stereocenters. The van der Waals surface area contributed by atoms with Crippen LogP contribution in [0.25, 0.3) is 0 Å².